The average molecular weight is 693 g/mol. The molecule has 2 aromatic heterocycles. The van der Waals surface area contributed by atoms with E-state index in [0.29, 0.717) is 5.92 Å². The fourth-order valence-corrected chi connectivity index (χ4v) is 10.0. The number of hydrogen-bond donors (Lipinski definition) is 0. The van der Waals surface area contributed by atoms with Gasteiger partial charge in [0.15, 0.2) is 0 Å². The molecule has 0 aliphatic carbocycles. The van der Waals surface area contributed by atoms with Crippen molar-refractivity contribution in [3.63, 3.8) is 0 Å². The lowest BCUT2D eigenvalue weighted by atomic mass is 9.93. The summed E-state index contributed by atoms with van der Waals surface area (Å²) in [6.07, 6.45) is 1.95. The number of benzene rings is 6. The standard InChI is InChI=1S/C46H40N4OSi/c1-32(2)38-19-8-9-20-39(38)33-27-28-47-46(29-33)48-42-22-11-10-21-40(42)41-26-25-37(31-45(41)48)52(3,4)36-18-14-17-35(30-36)50-44-24-13-12-23-43(44)49(51-50)34-15-6-5-7-16-34/h5-32H,1-4H3. The van der Waals surface area contributed by atoms with E-state index in [1.165, 1.54) is 43.4 Å². The topological polar surface area (TPSA) is 33.5 Å². The largest absolute Gasteiger partial charge is 0.294 e. The SMILES string of the molecule is CC(C)c1ccccc1-c1ccnc(-n2c3ccccc3c3ccc([Si](C)(C)c4cccc(N5ON(c6ccccc6)c6ccccc65)c4)cc32)c1. The Labute approximate surface area is 305 Å². The smallest absolute Gasteiger partial charge is 0.138 e. The van der Waals surface area contributed by atoms with Crippen molar-refractivity contribution in [2.24, 2.45) is 0 Å². The molecule has 0 radical (unpaired) electrons. The zero-order valence-electron chi connectivity index (χ0n) is 29.9. The van der Waals surface area contributed by atoms with Crippen LogP contribution >= 0.6 is 0 Å². The van der Waals surface area contributed by atoms with Gasteiger partial charge in [0.1, 0.15) is 13.9 Å². The molecule has 5 nitrogen and oxygen atoms in total. The van der Waals surface area contributed by atoms with Gasteiger partial charge in [-0.05, 0) is 83.3 Å². The van der Waals surface area contributed by atoms with Crippen molar-refractivity contribution < 1.29 is 4.94 Å². The third kappa shape index (κ3) is 5.30. The zero-order valence-corrected chi connectivity index (χ0v) is 30.9. The maximum Gasteiger partial charge on any atom is 0.138 e. The summed E-state index contributed by atoms with van der Waals surface area (Å²) in [4.78, 5) is 11.6. The molecule has 254 valence electrons. The highest BCUT2D eigenvalue weighted by Gasteiger charge is 2.32. The number of hydrogen-bond acceptors (Lipinski definition) is 4. The minimum Gasteiger partial charge on any atom is -0.294 e. The van der Waals surface area contributed by atoms with Gasteiger partial charge in [-0.1, -0.05) is 134 Å². The lowest BCUT2D eigenvalue weighted by Gasteiger charge is -2.26. The number of rotatable bonds is 7. The van der Waals surface area contributed by atoms with Crippen molar-refractivity contribution in [2.45, 2.75) is 32.9 Å². The lowest BCUT2D eigenvalue weighted by Crippen LogP contribution is -2.52. The van der Waals surface area contributed by atoms with Crippen molar-refractivity contribution in [3.05, 3.63) is 169 Å². The van der Waals surface area contributed by atoms with Gasteiger partial charge in [0.05, 0.1) is 33.8 Å². The van der Waals surface area contributed by atoms with Gasteiger partial charge < -0.3 is 0 Å². The van der Waals surface area contributed by atoms with Crippen molar-refractivity contribution >= 4 is 63.0 Å². The van der Waals surface area contributed by atoms with Crippen LogP contribution in [0.3, 0.4) is 0 Å². The predicted molar refractivity (Wildman–Crippen MR) is 220 cm³/mol. The van der Waals surface area contributed by atoms with Crippen LogP contribution in [0.4, 0.5) is 22.7 Å². The predicted octanol–water partition coefficient (Wildman–Crippen LogP) is 10.9. The van der Waals surface area contributed by atoms with Gasteiger partial charge in [0, 0.05) is 17.0 Å². The van der Waals surface area contributed by atoms with Gasteiger partial charge in [-0.15, -0.1) is 4.94 Å². The molecule has 1 aliphatic rings. The van der Waals surface area contributed by atoms with Crippen LogP contribution in [0, 0.1) is 0 Å². The van der Waals surface area contributed by atoms with Gasteiger partial charge in [0.2, 0.25) is 0 Å². The number of aromatic nitrogens is 2. The lowest BCUT2D eigenvalue weighted by molar-refractivity contribution is 0.156. The molecule has 3 heterocycles. The Balaban J connectivity index is 1.14. The Morgan fingerprint density at radius 2 is 1.21 bits per heavy atom. The molecule has 0 fully saturated rings. The first-order valence-electron chi connectivity index (χ1n) is 18.0. The molecule has 0 amide bonds. The third-order valence-corrected chi connectivity index (χ3v) is 14.0. The molecule has 6 aromatic carbocycles. The minimum atomic E-state index is -2.21. The van der Waals surface area contributed by atoms with Crippen molar-refractivity contribution in [1.82, 2.24) is 9.55 Å². The van der Waals surface area contributed by atoms with Crippen LogP contribution in [0.5, 0.6) is 0 Å². The van der Waals surface area contributed by atoms with E-state index < -0.39 is 8.07 Å². The van der Waals surface area contributed by atoms with Gasteiger partial charge in [-0.3, -0.25) is 4.57 Å². The molecule has 0 saturated carbocycles. The maximum absolute atomic E-state index is 6.57. The van der Waals surface area contributed by atoms with Crippen LogP contribution in [-0.2, 0) is 4.94 Å². The molecule has 0 bridgehead atoms. The van der Waals surface area contributed by atoms with Crippen LogP contribution in [0.15, 0.2) is 164 Å². The molecule has 6 heteroatoms. The van der Waals surface area contributed by atoms with Crippen LogP contribution in [-0.4, -0.2) is 17.6 Å². The van der Waals surface area contributed by atoms with Gasteiger partial charge >= 0.3 is 0 Å². The second-order valence-corrected chi connectivity index (χ2v) is 18.8. The summed E-state index contributed by atoms with van der Waals surface area (Å²) in [6.45, 7) is 9.40. The molecule has 52 heavy (non-hydrogen) atoms. The first-order chi connectivity index (χ1) is 25.4. The molecule has 0 atom stereocenters. The van der Waals surface area contributed by atoms with E-state index in [0.717, 1.165) is 34.1 Å². The summed E-state index contributed by atoms with van der Waals surface area (Å²) in [5, 5.41) is 9.01. The summed E-state index contributed by atoms with van der Waals surface area (Å²) in [5.41, 5.74) is 10.1. The molecule has 0 spiro atoms. The molecule has 8 aromatic rings. The highest BCUT2D eigenvalue weighted by Crippen LogP contribution is 2.44. The summed E-state index contributed by atoms with van der Waals surface area (Å²) < 4.78 is 2.35. The number of anilines is 4. The number of nitrogens with zero attached hydrogens (tertiary/aromatic N) is 4. The van der Waals surface area contributed by atoms with Crippen LogP contribution in [0.25, 0.3) is 38.8 Å². The van der Waals surface area contributed by atoms with E-state index in [9.17, 15) is 0 Å². The number of fused-ring (bicyclic) bond motifs is 4. The maximum atomic E-state index is 6.57. The van der Waals surface area contributed by atoms with E-state index in [1.807, 2.05) is 34.5 Å². The molecular formula is C46H40N4OSi. The van der Waals surface area contributed by atoms with E-state index in [4.69, 9.17) is 9.92 Å². The Kier molecular flexibility index (Phi) is 7.80. The zero-order chi connectivity index (χ0) is 35.4. The highest BCUT2D eigenvalue weighted by molar-refractivity contribution is 7.00. The van der Waals surface area contributed by atoms with Gasteiger partial charge in [-0.25, -0.2) is 4.98 Å². The van der Waals surface area contributed by atoms with Crippen molar-refractivity contribution in [1.29, 1.82) is 0 Å². The van der Waals surface area contributed by atoms with Gasteiger partial charge in [0.25, 0.3) is 0 Å². The number of pyridine rings is 1. The molecular weight excluding hydrogens is 653 g/mol. The van der Waals surface area contributed by atoms with Gasteiger partial charge in [-0.2, -0.15) is 10.1 Å². The van der Waals surface area contributed by atoms with Crippen LogP contribution in [0.1, 0.15) is 25.3 Å². The number of para-hydroxylation sites is 4. The average Bonchev–Trinajstić information content (AvgIpc) is 3.74. The first-order valence-corrected chi connectivity index (χ1v) is 21.0. The monoisotopic (exact) mass is 692 g/mol. The second-order valence-electron chi connectivity index (χ2n) is 14.4. The Morgan fingerprint density at radius 1 is 0.558 bits per heavy atom. The summed E-state index contributed by atoms with van der Waals surface area (Å²) >= 11 is 0. The van der Waals surface area contributed by atoms with E-state index in [-0.39, 0.29) is 0 Å². The Bertz CT molecular complexity index is 2590. The first kappa shape index (κ1) is 32.0. The van der Waals surface area contributed by atoms with Crippen LogP contribution < -0.4 is 20.5 Å². The molecule has 0 saturated heterocycles. The highest BCUT2D eigenvalue weighted by atomic mass is 28.3. The minimum absolute atomic E-state index is 0.420. The summed E-state index contributed by atoms with van der Waals surface area (Å²) in [6, 6.07) is 56.3. The summed E-state index contributed by atoms with van der Waals surface area (Å²) in [7, 11) is -2.21. The third-order valence-electron chi connectivity index (χ3n) is 10.5. The molecule has 0 unspecified atom stereocenters. The normalized spacial score (nSPS) is 13.0. The fourth-order valence-electron chi connectivity index (χ4n) is 7.68. The van der Waals surface area contributed by atoms with E-state index in [2.05, 4.69) is 171 Å². The van der Waals surface area contributed by atoms with E-state index in [1.54, 1.807) is 0 Å². The van der Waals surface area contributed by atoms with Crippen molar-refractivity contribution in [3.8, 4) is 16.9 Å². The van der Waals surface area contributed by atoms with Crippen molar-refractivity contribution in [2.75, 3.05) is 10.1 Å². The molecule has 9 rings (SSSR count). The van der Waals surface area contributed by atoms with Crippen LogP contribution in [0.2, 0.25) is 13.1 Å². The molecule has 1 aliphatic heterocycles. The van der Waals surface area contributed by atoms with E-state index >= 15 is 0 Å². The Hall–Kier alpha value is -5.95. The fraction of sp³-hybridized carbons (Fsp3) is 0.109. The second kappa shape index (κ2) is 12.7. The Morgan fingerprint density at radius 3 is 2.02 bits per heavy atom. The quantitative estimate of drug-likeness (QED) is 0.156. The molecule has 0 N–H and O–H groups in total. The summed E-state index contributed by atoms with van der Waals surface area (Å²) in [5.74, 6) is 1.34.